The third kappa shape index (κ3) is 1.59. The van der Waals surface area contributed by atoms with Crippen molar-refractivity contribution in [3.05, 3.63) is 41.3 Å². The van der Waals surface area contributed by atoms with Crippen molar-refractivity contribution in [3.8, 4) is 5.69 Å². The summed E-state index contributed by atoms with van der Waals surface area (Å²) in [6.45, 7) is 1.07. The van der Waals surface area contributed by atoms with Gasteiger partial charge in [-0.25, -0.2) is 9.07 Å². The first-order chi connectivity index (χ1) is 8.27. The largest absolute Gasteiger partial charge is 0.382 e. The Kier molecular flexibility index (Phi) is 2.33. The van der Waals surface area contributed by atoms with Crippen molar-refractivity contribution >= 4 is 5.82 Å². The number of fused-ring (bicyclic) bond motifs is 1. The van der Waals surface area contributed by atoms with Crippen LogP contribution in [0.5, 0.6) is 0 Å². The summed E-state index contributed by atoms with van der Waals surface area (Å²) in [6.07, 6.45) is 0.702. The lowest BCUT2D eigenvalue weighted by Crippen LogP contribution is -2.13. The molecule has 1 aliphatic rings. The van der Waals surface area contributed by atoms with Crippen LogP contribution < -0.4 is 5.73 Å². The third-order valence-electron chi connectivity index (χ3n) is 2.93. The van der Waals surface area contributed by atoms with Gasteiger partial charge in [-0.15, -0.1) is 5.10 Å². The van der Waals surface area contributed by atoms with Crippen LogP contribution >= 0.6 is 0 Å². The molecule has 2 aromatic rings. The minimum Gasteiger partial charge on any atom is -0.382 e. The maximum Gasteiger partial charge on any atom is 0.151 e. The lowest BCUT2D eigenvalue weighted by molar-refractivity contribution is 0.110. The SMILES string of the molecule is Nc1nn(-c2ccccc2F)c2c1COCC2. The molecule has 1 aliphatic heterocycles. The molecule has 0 saturated heterocycles. The van der Waals surface area contributed by atoms with Crippen molar-refractivity contribution in [1.82, 2.24) is 9.78 Å². The van der Waals surface area contributed by atoms with Crippen LogP contribution in [0.25, 0.3) is 5.69 Å². The zero-order chi connectivity index (χ0) is 11.8. The number of nitrogens with two attached hydrogens (primary N) is 1. The molecule has 0 radical (unpaired) electrons. The number of benzene rings is 1. The van der Waals surface area contributed by atoms with Gasteiger partial charge in [0.1, 0.15) is 11.5 Å². The Hall–Kier alpha value is -1.88. The summed E-state index contributed by atoms with van der Waals surface area (Å²) >= 11 is 0. The van der Waals surface area contributed by atoms with E-state index >= 15 is 0 Å². The number of para-hydroxylation sites is 1. The van der Waals surface area contributed by atoms with Gasteiger partial charge in [0.2, 0.25) is 0 Å². The van der Waals surface area contributed by atoms with Crippen LogP contribution in [0.1, 0.15) is 11.3 Å². The topological polar surface area (TPSA) is 53.1 Å². The highest BCUT2D eigenvalue weighted by Gasteiger charge is 2.21. The molecule has 17 heavy (non-hydrogen) atoms. The lowest BCUT2D eigenvalue weighted by atomic mass is 10.1. The number of aromatic nitrogens is 2. The fourth-order valence-corrected chi connectivity index (χ4v) is 2.08. The van der Waals surface area contributed by atoms with Gasteiger partial charge in [-0.3, -0.25) is 0 Å². The molecule has 0 aliphatic carbocycles. The predicted octanol–water partition coefficient (Wildman–Crippen LogP) is 1.67. The van der Waals surface area contributed by atoms with Crippen molar-refractivity contribution in [1.29, 1.82) is 0 Å². The summed E-state index contributed by atoms with van der Waals surface area (Å²) in [4.78, 5) is 0. The summed E-state index contributed by atoms with van der Waals surface area (Å²) in [5, 5.41) is 4.20. The van der Waals surface area contributed by atoms with E-state index in [1.807, 2.05) is 0 Å². The smallest absolute Gasteiger partial charge is 0.151 e. The van der Waals surface area contributed by atoms with Crippen molar-refractivity contribution in [2.24, 2.45) is 0 Å². The second kappa shape index (κ2) is 3.85. The van der Waals surface area contributed by atoms with Gasteiger partial charge >= 0.3 is 0 Å². The van der Waals surface area contributed by atoms with Crippen LogP contribution in [0.15, 0.2) is 24.3 Å². The third-order valence-corrected chi connectivity index (χ3v) is 2.93. The van der Waals surface area contributed by atoms with Crippen LogP contribution in [0.4, 0.5) is 10.2 Å². The molecule has 2 heterocycles. The Morgan fingerprint density at radius 2 is 2.18 bits per heavy atom. The number of ether oxygens (including phenoxy) is 1. The fourth-order valence-electron chi connectivity index (χ4n) is 2.08. The molecule has 0 bridgehead atoms. The number of hydrogen-bond acceptors (Lipinski definition) is 3. The van der Waals surface area contributed by atoms with Gasteiger partial charge < -0.3 is 10.5 Å². The predicted molar refractivity (Wildman–Crippen MR) is 61.3 cm³/mol. The molecule has 3 rings (SSSR count). The van der Waals surface area contributed by atoms with Crippen LogP contribution in [-0.2, 0) is 17.8 Å². The van der Waals surface area contributed by atoms with E-state index in [0.717, 1.165) is 11.3 Å². The highest BCUT2D eigenvalue weighted by molar-refractivity contribution is 5.47. The first-order valence-corrected chi connectivity index (χ1v) is 5.46. The van der Waals surface area contributed by atoms with Crippen LogP contribution in [0.2, 0.25) is 0 Å². The normalized spacial score (nSPS) is 14.6. The first kappa shape index (κ1) is 10.3. The first-order valence-electron chi connectivity index (χ1n) is 5.46. The van der Waals surface area contributed by atoms with Gasteiger partial charge in [0.15, 0.2) is 5.82 Å². The maximum absolute atomic E-state index is 13.7. The molecule has 1 aromatic carbocycles. The minimum absolute atomic E-state index is 0.302. The lowest BCUT2D eigenvalue weighted by Gasteiger charge is -2.14. The second-order valence-electron chi connectivity index (χ2n) is 3.98. The molecule has 0 atom stereocenters. The molecular formula is C12H12FN3O. The Labute approximate surface area is 97.8 Å². The van der Waals surface area contributed by atoms with E-state index in [-0.39, 0.29) is 5.82 Å². The van der Waals surface area contributed by atoms with Crippen molar-refractivity contribution < 1.29 is 9.13 Å². The molecule has 1 aromatic heterocycles. The van der Waals surface area contributed by atoms with E-state index < -0.39 is 0 Å². The number of rotatable bonds is 1. The van der Waals surface area contributed by atoms with E-state index in [0.29, 0.717) is 31.1 Å². The number of nitrogens with zero attached hydrogens (tertiary/aromatic N) is 2. The van der Waals surface area contributed by atoms with E-state index in [1.165, 1.54) is 6.07 Å². The van der Waals surface area contributed by atoms with Gasteiger partial charge in [0.05, 0.1) is 18.9 Å². The van der Waals surface area contributed by atoms with E-state index in [1.54, 1.807) is 22.9 Å². The second-order valence-corrected chi connectivity index (χ2v) is 3.98. The number of nitrogen functional groups attached to an aromatic ring is 1. The zero-order valence-electron chi connectivity index (χ0n) is 9.19. The van der Waals surface area contributed by atoms with E-state index in [9.17, 15) is 4.39 Å². The number of anilines is 1. The highest BCUT2D eigenvalue weighted by Crippen LogP contribution is 2.26. The van der Waals surface area contributed by atoms with Crippen molar-refractivity contribution in [2.45, 2.75) is 13.0 Å². The molecule has 0 saturated carbocycles. The van der Waals surface area contributed by atoms with Crippen molar-refractivity contribution in [2.75, 3.05) is 12.3 Å². The highest BCUT2D eigenvalue weighted by atomic mass is 19.1. The van der Waals surface area contributed by atoms with Gasteiger partial charge in [-0.2, -0.15) is 0 Å². The van der Waals surface area contributed by atoms with Crippen LogP contribution in [-0.4, -0.2) is 16.4 Å². The molecule has 4 nitrogen and oxygen atoms in total. The molecule has 0 spiro atoms. The van der Waals surface area contributed by atoms with Crippen molar-refractivity contribution in [3.63, 3.8) is 0 Å². The minimum atomic E-state index is -0.302. The number of halogens is 1. The van der Waals surface area contributed by atoms with Gasteiger partial charge in [-0.05, 0) is 12.1 Å². The Morgan fingerprint density at radius 1 is 1.35 bits per heavy atom. The van der Waals surface area contributed by atoms with E-state index in [2.05, 4.69) is 5.10 Å². The molecular weight excluding hydrogens is 221 g/mol. The summed E-state index contributed by atoms with van der Waals surface area (Å²) in [7, 11) is 0. The van der Waals surface area contributed by atoms with Crippen LogP contribution in [0, 0.1) is 5.82 Å². The van der Waals surface area contributed by atoms with E-state index in [4.69, 9.17) is 10.5 Å². The van der Waals surface area contributed by atoms with Gasteiger partial charge in [-0.1, -0.05) is 12.1 Å². The molecule has 0 unspecified atom stereocenters. The molecule has 0 fully saturated rings. The molecule has 5 heteroatoms. The summed E-state index contributed by atoms with van der Waals surface area (Å²) < 4.78 is 20.6. The average molecular weight is 233 g/mol. The van der Waals surface area contributed by atoms with Gasteiger partial charge in [0, 0.05) is 12.0 Å². The quantitative estimate of drug-likeness (QED) is 0.815. The number of hydrogen-bond donors (Lipinski definition) is 1. The molecule has 0 amide bonds. The van der Waals surface area contributed by atoms with Crippen LogP contribution in [0.3, 0.4) is 0 Å². The Bertz CT molecular complexity index is 565. The summed E-state index contributed by atoms with van der Waals surface area (Å²) in [6, 6.07) is 6.54. The summed E-state index contributed by atoms with van der Waals surface area (Å²) in [5.41, 5.74) is 8.07. The standard InChI is InChI=1S/C12H12FN3O/c13-9-3-1-2-4-11(9)16-10-5-6-17-7-8(10)12(14)15-16/h1-4H,5-7H2,(H2,14,15). The summed E-state index contributed by atoms with van der Waals surface area (Å²) in [5.74, 6) is 0.118. The Balaban J connectivity index is 2.19. The Morgan fingerprint density at radius 3 is 3.00 bits per heavy atom. The molecule has 2 N–H and O–H groups in total. The zero-order valence-corrected chi connectivity index (χ0v) is 9.19. The maximum atomic E-state index is 13.7. The van der Waals surface area contributed by atoms with Gasteiger partial charge in [0.25, 0.3) is 0 Å². The molecule has 88 valence electrons. The monoisotopic (exact) mass is 233 g/mol. The fraction of sp³-hybridized carbons (Fsp3) is 0.250. The average Bonchev–Trinajstić information content (AvgIpc) is 2.68.